The molecule has 26 heavy (non-hydrogen) atoms. The summed E-state index contributed by atoms with van der Waals surface area (Å²) in [6.07, 6.45) is 4.43. The molecule has 2 heterocycles. The first-order valence-electron chi connectivity index (χ1n) is 8.71. The van der Waals surface area contributed by atoms with Crippen molar-refractivity contribution in [2.75, 3.05) is 0 Å². The summed E-state index contributed by atoms with van der Waals surface area (Å²) in [4.78, 5) is 40.3. The minimum atomic E-state index is -1.11. The van der Waals surface area contributed by atoms with E-state index in [1.165, 1.54) is 6.92 Å². The van der Waals surface area contributed by atoms with E-state index in [0.717, 1.165) is 31.4 Å². The topological polar surface area (TPSA) is 102 Å². The van der Waals surface area contributed by atoms with Crippen LogP contribution in [0, 0.1) is 6.92 Å². The van der Waals surface area contributed by atoms with Crippen molar-refractivity contribution in [3.8, 4) is 0 Å². The number of fused-ring (bicyclic) bond motifs is 1. The maximum atomic E-state index is 12.2. The zero-order valence-electron chi connectivity index (χ0n) is 14.8. The molecule has 1 fully saturated rings. The number of pyridine rings is 1. The third-order valence-corrected chi connectivity index (χ3v) is 4.49. The fourth-order valence-corrected chi connectivity index (χ4v) is 3.03. The molecule has 0 unspecified atom stereocenters. The lowest BCUT2D eigenvalue weighted by Gasteiger charge is -2.15. The van der Waals surface area contributed by atoms with Crippen molar-refractivity contribution < 1.29 is 19.1 Å². The molecule has 8 heteroatoms. The van der Waals surface area contributed by atoms with E-state index < -0.39 is 24.0 Å². The van der Waals surface area contributed by atoms with Crippen molar-refractivity contribution in [3.05, 3.63) is 35.8 Å². The standard InChI is InChI=1S/C18H22N4O4/c1-11-6-5-9-15-20-14(10-22(11)15)17(24)26-12(2)16(23)21-18(25)19-13-7-3-4-8-13/h5-6,9-10,12-13H,3-4,7-8H2,1-2H3,(H2,19,21,23,25)/t12-/m0/s1. The first-order chi connectivity index (χ1) is 12.4. The zero-order chi connectivity index (χ0) is 18.7. The van der Waals surface area contributed by atoms with E-state index in [4.69, 9.17) is 4.74 Å². The second kappa shape index (κ2) is 7.55. The molecular weight excluding hydrogens is 336 g/mol. The number of carbonyl (C=O) groups is 3. The van der Waals surface area contributed by atoms with Gasteiger partial charge in [0.1, 0.15) is 5.65 Å². The number of imidazole rings is 1. The molecule has 2 aromatic heterocycles. The van der Waals surface area contributed by atoms with E-state index >= 15 is 0 Å². The number of urea groups is 1. The quantitative estimate of drug-likeness (QED) is 0.814. The van der Waals surface area contributed by atoms with Gasteiger partial charge in [-0.05, 0) is 38.8 Å². The summed E-state index contributed by atoms with van der Waals surface area (Å²) in [7, 11) is 0. The first kappa shape index (κ1) is 17.9. The molecule has 0 saturated heterocycles. The van der Waals surface area contributed by atoms with Crippen LogP contribution in [0.25, 0.3) is 5.65 Å². The molecule has 138 valence electrons. The number of ether oxygens (including phenoxy) is 1. The Kier molecular flexibility index (Phi) is 5.20. The summed E-state index contributed by atoms with van der Waals surface area (Å²) < 4.78 is 6.89. The number of nitrogens with one attached hydrogen (secondary N) is 2. The van der Waals surface area contributed by atoms with E-state index in [1.807, 2.05) is 19.1 Å². The summed E-state index contributed by atoms with van der Waals surface area (Å²) in [6, 6.07) is 5.04. The van der Waals surface area contributed by atoms with E-state index in [0.29, 0.717) is 5.65 Å². The molecule has 3 amide bonds. The van der Waals surface area contributed by atoms with Crippen LogP contribution in [0.1, 0.15) is 48.8 Å². The number of amides is 3. The van der Waals surface area contributed by atoms with Crippen LogP contribution in [0.4, 0.5) is 4.79 Å². The van der Waals surface area contributed by atoms with Crippen molar-refractivity contribution in [1.82, 2.24) is 20.0 Å². The summed E-state index contributed by atoms with van der Waals surface area (Å²) in [5.74, 6) is -1.39. The molecule has 0 spiro atoms. The minimum absolute atomic E-state index is 0.0990. The van der Waals surface area contributed by atoms with Gasteiger partial charge in [-0.15, -0.1) is 0 Å². The predicted molar refractivity (Wildman–Crippen MR) is 93.7 cm³/mol. The van der Waals surface area contributed by atoms with Crippen molar-refractivity contribution in [3.63, 3.8) is 0 Å². The van der Waals surface area contributed by atoms with E-state index in [2.05, 4.69) is 15.6 Å². The number of rotatable bonds is 4. The summed E-state index contributed by atoms with van der Waals surface area (Å²) in [6.45, 7) is 3.31. The third kappa shape index (κ3) is 4.01. The van der Waals surface area contributed by atoms with E-state index in [1.54, 1.807) is 16.7 Å². The molecule has 1 saturated carbocycles. The maximum absolute atomic E-state index is 12.2. The number of aromatic nitrogens is 2. The predicted octanol–water partition coefficient (Wildman–Crippen LogP) is 1.96. The largest absolute Gasteiger partial charge is 0.448 e. The number of aryl methyl sites for hydroxylation is 1. The van der Waals surface area contributed by atoms with Gasteiger partial charge < -0.3 is 14.5 Å². The van der Waals surface area contributed by atoms with Gasteiger partial charge in [-0.3, -0.25) is 10.1 Å². The average molecular weight is 358 g/mol. The lowest BCUT2D eigenvalue weighted by molar-refractivity contribution is -0.127. The van der Waals surface area contributed by atoms with Gasteiger partial charge in [0.15, 0.2) is 11.8 Å². The lowest BCUT2D eigenvalue weighted by atomic mass is 10.2. The Bertz CT molecular complexity index is 839. The van der Waals surface area contributed by atoms with Crippen LogP contribution in [-0.4, -0.2) is 39.4 Å². The number of nitrogens with zero attached hydrogens (tertiary/aromatic N) is 2. The number of hydrogen-bond acceptors (Lipinski definition) is 5. The zero-order valence-corrected chi connectivity index (χ0v) is 14.8. The van der Waals surface area contributed by atoms with Gasteiger partial charge in [0.05, 0.1) is 0 Å². The highest BCUT2D eigenvalue weighted by atomic mass is 16.5. The maximum Gasteiger partial charge on any atom is 0.359 e. The van der Waals surface area contributed by atoms with Gasteiger partial charge in [-0.2, -0.15) is 0 Å². The Morgan fingerprint density at radius 3 is 2.69 bits per heavy atom. The van der Waals surface area contributed by atoms with Crippen molar-refractivity contribution in [2.24, 2.45) is 0 Å². The highest BCUT2D eigenvalue weighted by molar-refractivity contribution is 5.98. The van der Waals surface area contributed by atoms with Gasteiger partial charge in [0, 0.05) is 17.9 Å². The summed E-state index contributed by atoms with van der Waals surface area (Å²) in [5, 5.41) is 4.95. The monoisotopic (exact) mass is 358 g/mol. The first-order valence-corrected chi connectivity index (χ1v) is 8.71. The molecular formula is C18H22N4O4. The van der Waals surface area contributed by atoms with Crippen LogP contribution < -0.4 is 10.6 Å². The number of hydrogen-bond donors (Lipinski definition) is 2. The fraction of sp³-hybridized carbons (Fsp3) is 0.444. The SMILES string of the molecule is Cc1cccc2nc(C(=O)O[C@@H](C)C(=O)NC(=O)NC3CCCC3)cn12. The van der Waals surface area contributed by atoms with Gasteiger partial charge in [-0.25, -0.2) is 14.6 Å². The van der Waals surface area contributed by atoms with Crippen LogP contribution in [-0.2, 0) is 9.53 Å². The van der Waals surface area contributed by atoms with Crippen molar-refractivity contribution in [1.29, 1.82) is 0 Å². The highest BCUT2D eigenvalue weighted by Crippen LogP contribution is 2.17. The van der Waals surface area contributed by atoms with E-state index in [9.17, 15) is 14.4 Å². The molecule has 0 aliphatic heterocycles. The van der Waals surface area contributed by atoms with Gasteiger partial charge >= 0.3 is 12.0 Å². The van der Waals surface area contributed by atoms with E-state index in [-0.39, 0.29) is 11.7 Å². The Balaban J connectivity index is 1.56. The fourth-order valence-electron chi connectivity index (χ4n) is 3.03. The molecule has 3 rings (SSSR count). The van der Waals surface area contributed by atoms with Crippen LogP contribution in [0.5, 0.6) is 0 Å². The minimum Gasteiger partial charge on any atom is -0.448 e. The Morgan fingerprint density at radius 2 is 2.00 bits per heavy atom. The Morgan fingerprint density at radius 1 is 1.27 bits per heavy atom. The Labute approximate surface area is 150 Å². The molecule has 0 bridgehead atoms. The number of imide groups is 1. The number of esters is 1. The highest BCUT2D eigenvalue weighted by Gasteiger charge is 2.24. The molecule has 2 N–H and O–H groups in total. The summed E-state index contributed by atoms with van der Waals surface area (Å²) >= 11 is 0. The van der Waals surface area contributed by atoms with Crippen LogP contribution >= 0.6 is 0 Å². The number of carbonyl (C=O) groups excluding carboxylic acids is 3. The second-order valence-corrected chi connectivity index (χ2v) is 6.51. The summed E-state index contributed by atoms with van der Waals surface area (Å²) in [5.41, 5.74) is 1.64. The third-order valence-electron chi connectivity index (χ3n) is 4.49. The average Bonchev–Trinajstić information content (AvgIpc) is 3.24. The molecule has 0 radical (unpaired) electrons. The van der Waals surface area contributed by atoms with Gasteiger partial charge in [-0.1, -0.05) is 18.9 Å². The molecule has 1 aliphatic carbocycles. The van der Waals surface area contributed by atoms with Gasteiger partial charge in [0.25, 0.3) is 5.91 Å². The molecule has 1 aliphatic rings. The molecule has 2 aromatic rings. The molecule has 8 nitrogen and oxygen atoms in total. The molecule has 1 atom stereocenters. The van der Waals surface area contributed by atoms with Crippen LogP contribution in [0.15, 0.2) is 24.4 Å². The van der Waals surface area contributed by atoms with Crippen molar-refractivity contribution in [2.45, 2.75) is 51.7 Å². The second-order valence-electron chi connectivity index (χ2n) is 6.51. The Hall–Kier alpha value is -2.90. The van der Waals surface area contributed by atoms with Gasteiger partial charge in [0.2, 0.25) is 0 Å². The normalized spacial score (nSPS) is 15.6. The smallest absolute Gasteiger partial charge is 0.359 e. The van der Waals surface area contributed by atoms with Crippen LogP contribution in [0.2, 0.25) is 0 Å². The van der Waals surface area contributed by atoms with Crippen LogP contribution in [0.3, 0.4) is 0 Å². The van der Waals surface area contributed by atoms with Crippen molar-refractivity contribution >= 4 is 23.6 Å². The molecule has 0 aromatic carbocycles. The lowest BCUT2D eigenvalue weighted by Crippen LogP contribution is -2.47.